The highest BCUT2D eigenvalue weighted by molar-refractivity contribution is 8.27. The van der Waals surface area contributed by atoms with Gasteiger partial charge in [0.2, 0.25) is 6.79 Å². The number of thioether (sulfide) groups is 1. The van der Waals surface area contributed by atoms with Crippen molar-refractivity contribution in [3.05, 3.63) is 59.1 Å². The van der Waals surface area contributed by atoms with E-state index in [1.807, 2.05) is 37.5 Å². The normalized spacial score (nSPS) is 17.5. The van der Waals surface area contributed by atoms with Crippen molar-refractivity contribution in [3.8, 4) is 11.5 Å². The van der Waals surface area contributed by atoms with E-state index in [-0.39, 0.29) is 12.7 Å². The summed E-state index contributed by atoms with van der Waals surface area (Å²) in [5, 5.41) is 1.10. The predicted octanol–water partition coefficient (Wildman–Crippen LogP) is 4.31. The Balaban J connectivity index is 1.53. The number of ether oxygens (including phenoxy) is 2. The summed E-state index contributed by atoms with van der Waals surface area (Å²) in [5.74, 6) is 1.17. The van der Waals surface area contributed by atoms with E-state index in [9.17, 15) is 4.79 Å². The first kappa shape index (κ1) is 16.4. The standard InChI is InChI=1S/C20H14N2O3S2/c1-21-10-12(14-4-2-3-5-15(14)21)8-18-19(23)22(20(26)27-18)13-6-7-16-17(9-13)25-11-24-16/h2-10H,11H2,1H3/b18-8-. The number of rotatable bonds is 2. The quantitative estimate of drug-likeness (QED) is 0.479. The number of hydrogen-bond acceptors (Lipinski definition) is 5. The van der Waals surface area contributed by atoms with Gasteiger partial charge in [-0.25, -0.2) is 0 Å². The molecular formula is C20H14N2O3S2. The number of amides is 1. The Morgan fingerprint density at radius 3 is 2.85 bits per heavy atom. The Hall–Kier alpha value is -2.77. The summed E-state index contributed by atoms with van der Waals surface area (Å²) in [4.78, 5) is 15.2. The van der Waals surface area contributed by atoms with Crippen molar-refractivity contribution < 1.29 is 14.3 Å². The molecule has 0 bridgehead atoms. The molecule has 0 unspecified atom stereocenters. The lowest BCUT2D eigenvalue weighted by atomic mass is 10.1. The molecule has 134 valence electrons. The van der Waals surface area contributed by atoms with Crippen LogP contribution >= 0.6 is 24.0 Å². The van der Waals surface area contributed by atoms with Crippen LogP contribution < -0.4 is 14.4 Å². The number of hydrogen-bond donors (Lipinski definition) is 0. The van der Waals surface area contributed by atoms with Crippen LogP contribution in [0.3, 0.4) is 0 Å². The predicted molar refractivity (Wildman–Crippen MR) is 111 cm³/mol. The first-order valence-electron chi connectivity index (χ1n) is 8.33. The summed E-state index contributed by atoms with van der Waals surface area (Å²) in [6.07, 6.45) is 3.94. The summed E-state index contributed by atoms with van der Waals surface area (Å²) >= 11 is 6.78. The Labute approximate surface area is 165 Å². The number of benzene rings is 2. The van der Waals surface area contributed by atoms with Crippen LogP contribution in [-0.4, -0.2) is 21.6 Å². The van der Waals surface area contributed by atoms with Gasteiger partial charge < -0.3 is 14.0 Å². The molecule has 3 aromatic rings. The first-order chi connectivity index (χ1) is 13.1. The maximum absolute atomic E-state index is 13.0. The molecule has 0 N–H and O–H groups in total. The van der Waals surface area contributed by atoms with Crippen molar-refractivity contribution in [3.63, 3.8) is 0 Å². The van der Waals surface area contributed by atoms with E-state index in [0.717, 1.165) is 16.5 Å². The van der Waals surface area contributed by atoms with Crippen LogP contribution in [0.2, 0.25) is 0 Å². The molecule has 2 aliphatic heterocycles. The molecule has 2 aliphatic rings. The highest BCUT2D eigenvalue weighted by Crippen LogP contribution is 2.41. The van der Waals surface area contributed by atoms with Crippen LogP contribution in [0.25, 0.3) is 17.0 Å². The van der Waals surface area contributed by atoms with Crippen LogP contribution in [0.4, 0.5) is 5.69 Å². The summed E-state index contributed by atoms with van der Waals surface area (Å²) in [5.41, 5.74) is 2.80. The van der Waals surface area contributed by atoms with Crippen LogP contribution in [0, 0.1) is 0 Å². The molecule has 1 aromatic heterocycles. The van der Waals surface area contributed by atoms with E-state index in [4.69, 9.17) is 21.7 Å². The molecular weight excluding hydrogens is 380 g/mol. The number of carbonyl (C=O) groups excluding carboxylic acids is 1. The van der Waals surface area contributed by atoms with Gasteiger partial charge in [-0.1, -0.05) is 42.2 Å². The molecule has 7 heteroatoms. The number of nitrogens with zero attached hydrogens (tertiary/aromatic N) is 2. The first-order valence-corrected chi connectivity index (χ1v) is 9.56. The monoisotopic (exact) mass is 394 g/mol. The minimum Gasteiger partial charge on any atom is -0.454 e. The molecule has 0 radical (unpaired) electrons. The van der Waals surface area contributed by atoms with Gasteiger partial charge in [0.25, 0.3) is 5.91 Å². The summed E-state index contributed by atoms with van der Waals surface area (Å²) in [7, 11) is 2.00. The molecule has 0 aliphatic carbocycles. The largest absolute Gasteiger partial charge is 0.454 e. The summed E-state index contributed by atoms with van der Waals surface area (Å²) < 4.78 is 13.3. The Kier molecular flexibility index (Phi) is 3.73. The molecule has 1 fully saturated rings. The van der Waals surface area contributed by atoms with E-state index in [2.05, 4.69) is 16.7 Å². The summed E-state index contributed by atoms with van der Waals surface area (Å²) in [6.45, 7) is 0.193. The lowest BCUT2D eigenvalue weighted by molar-refractivity contribution is -0.113. The molecule has 3 heterocycles. The smallest absolute Gasteiger partial charge is 0.270 e. The molecule has 0 spiro atoms. The highest BCUT2D eigenvalue weighted by Gasteiger charge is 2.34. The van der Waals surface area contributed by atoms with Crippen molar-refractivity contribution in [1.82, 2.24) is 4.57 Å². The van der Waals surface area contributed by atoms with E-state index in [1.165, 1.54) is 11.8 Å². The van der Waals surface area contributed by atoms with Gasteiger partial charge >= 0.3 is 0 Å². The van der Waals surface area contributed by atoms with Gasteiger partial charge in [0.05, 0.1) is 10.6 Å². The van der Waals surface area contributed by atoms with Gasteiger partial charge in [0.1, 0.15) is 0 Å². The molecule has 0 saturated carbocycles. The second kappa shape index (κ2) is 6.14. The van der Waals surface area contributed by atoms with Gasteiger partial charge in [-0.2, -0.15) is 0 Å². The molecule has 5 rings (SSSR count). The second-order valence-corrected chi connectivity index (χ2v) is 7.94. The Morgan fingerprint density at radius 1 is 1.15 bits per heavy atom. The minimum absolute atomic E-state index is 0.128. The van der Waals surface area contributed by atoms with Crippen LogP contribution in [-0.2, 0) is 11.8 Å². The number of carbonyl (C=O) groups is 1. The number of aromatic nitrogens is 1. The molecule has 1 saturated heterocycles. The SMILES string of the molecule is Cn1cc(/C=C2\SC(=S)N(c3ccc4c(c3)OCO4)C2=O)c2ccccc21. The topological polar surface area (TPSA) is 43.7 Å². The molecule has 1 amide bonds. The van der Waals surface area contributed by atoms with E-state index >= 15 is 0 Å². The molecule has 0 atom stereocenters. The third-order valence-electron chi connectivity index (χ3n) is 4.62. The van der Waals surface area contributed by atoms with Crippen molar-refractivity contribution in [2.75, 3.05) is 11.7 Å². The van der Waals surface area contributed by atoms with Crippen molar-refractivity contribution in [2.45, 2.75) is 0 Å². The highest BCUT2D eigenvalue weighted by atomic mass is 32.2. The zero-order chi connectivity index (χ0) is 18.5. The zero-order valence-corrected chi connectivity index (χ0v) is 16.0. The number of aryl methyl sites for hydroxylation is 1. The van der Waals surface area contributed by atoms with Crippen molar-refractivity contribution >= 4 is 56.9 Å². The van der Waals surface area contributed by atoms with Gasteiger partial charge in [-0.15, -0.1) is 0 Å². The molecule has 27 heavy (non-hydrogen) atoms. The van der Waals surface area contributed by atoms with Gasteiger partial charge in [-0.3, -0.25) is 9.69 Å². The number of fused-ring (bicyclic) bond motifs is 2. The fraction of sp³-hybridized carbons (Fsp3) is 0.100. The fourth-order valence-electron chi connectivity index (χ4n) is 3.34. The lowest BCUT2D eigenvalue weighted by Crippen LogP contribution is -2.27. The second-order valence-electron chi connectivity index (χ2n) is 6.27. The average molecular weight is 394 g/mol. The number of anilines is 1. The Morgan fingerprint density at radius 2 is 1.96 bits per heavy atom. The van der Waals surface area contributed by atoms with Gasteiger partial charge in [0.15, 0.2) is 15.8 Å². The van der Waals surface area contributed by atoms with Crippen molar-refractivity contribution in [1.29, 1.82) is 0 Å². The molecule has 5 nitrogen and oxygen atoms in total. The van der Waals surface area contributed by atoms with E-state index < -0.39 is 0 Å². The lowest BCUT2D eigenvalue weighted by Gasteiger charge is -2.14. The van der Waals surface area contributed by atoms with E-state index in [1.54, 1.807) is 17.0 Å². The van der Waals surface area contributed by atoms with Crippen molar-refractivity contribution in [2.24, 2.45) is 7.05 Å². The van der Waals surface area contributed by atoms with Crippen LogP contribution in [0.5, 0.6) is 11.5 Å². The third kappa shape index (κ3) is 2.62. The maximum Gasteiger partial charge on any atom is 0.270 e. The minimum atomic E-state index is -0.128. The van der Waals surface area contributed by atoms with Gasteiger partial charge in [0, 0.05) is 35.8 Å². The third-order valence-corrected chi connectivity index (χ3v) is 5.92. The number of para-hydroxylation sites is 1. The molecule has 2 aromatic carbocycles. The van der Waals surface area contributed by atoms with E-state index in [0.29, 0.717) is 26.4 Å². The number of thiocarbonyl (C=S) groups is 1. The van der Waals surface area contributed by atoms with Gasteiger partial charge in [-0.05, 0) is 24.3 Å². The maximum atomic E-state index is 13.0. The average Bonchev–Trinajstić information content (AvgIpc) is 3.33. The fourth-order valence-corrected chi connectivity index (χ4v) is 4.63. The zero-order valence-electron chi connectivity index (χ0n) is 14.3. The Bertz CT molecular complexity index is 1150. The summed E-state index contributed by atoms with van der Waals surface area (Å²) in [6, 6.07) is 13.5. The van der Waals surface area contributed by atoms with Crippen LogP contribution in [0.1, 0.15) is 5.56 Å². The van der Waals surface area contributed by atoms with Crippen LogP contribution in [0.15, 0.2) is 53.6 Å².